The third kappa shape index (κ3) is 4.47. The number of fused-ring (bicyclic) bond motifs is 8. The van der Waals surface area contributed by atoms with E-state index in [1.807, 2.05) is 11.3 Å². The summed E-state index contributed by atoms with van der Waals surface area (Å²) in [5.41, 5.74) is 9.89. The van der Waals surface area contributed by atoms with Crippen LogP contribution in [0, 0.1) is 0 Å². The molecule has 0 unspecified atom stereocenters. The fourth-order valence-corrected chi connectivity index (χ4v) is 8.63. The van der Waals surface area contributed by atoms with Gasteiger partial charge >= 0.3 is 0 Å². The van der Waals surface area contributed by atoms with Crippen molar-refractivity contribution >= 4 is 81.3 Å². The highest BCUT2D eigenvalue weighted by Gasteiger charge is 2.22. The summed E-state index contributed by atoms with van der Waals surface area (Å²) in [5.74, 6) is 0. The first-order valence-electron chi connectivity index (χ1n) is 16.6. The lowest BCUT2D eigenvalue weighted by atomic mass is 9.89. The van der Waals surface area contributed by atoms with Gasteiger partial charge < -0.3 is 9.32 Å². The summed E-state index contributed by atoms with van der Waals surface area (Å²) in [4.78, 5) is 2.33. The summed E-state index contributed by atoms with van der Waals surface area (Å²) in [6, 6.07) is 63.1. The first-order chi connectivity index (χ1) is 24.3. The lowest BCUT2D eigenvalue weighted by molar-refractivity contribution is 0.672. The van der Waals surface area contributed by atoms with Crippen molar-refractivity contribution in [2.75, 3.05) is 4.90 Å². The molecule has 0 aliphatic heterocycles. The van der Waals surface area contributed by atoms with E-state index in [1.165, 1.54) is 47.8 Å². The van der Waals surface area contributed by atoms with Gasteiger partial charge in [-0.2, -0.15) is 0 Å². The number of thiophene rings is 1. The second-order valence-electron chi connectivity index (χ2n) is 12.5. The van der Waals surface area contributed by atoms with Gasteiger partial charge in [-0.25, -0.2) is 0 Å². The molecule has 2 nitrogen and oxygen atoms in total. The van der Waals surface area contributed by atoms with Crippen LogP contribution in [0.15, 0.2) is 180 Å². The summed E-state index contributed by atoms with van der Waals surface area (Å²) in [6.07, 6.45) is 0. The van der Waals surface area contributed by atoms with E-state index < -0.39 is 0 Å². The van der Waals surface area contributed by atoms with Gasteiger partial charge in [0, 0.05) is 42.3 Å². The van der Waals surface area contributed by atoms with Crippen molar-refractivity contribution in [1.29, 1.82) is 0 Å². The molecule has 2 aromatic heterocycles. The molecule has 10 rings (SSSR count). The van der Waals surface area contributed by atoms with Gasteiger partial charge in [-0.05, 0) is 82.2 Å². The van der Waals surface area contributed by atoms with E-state index in [0.29, 0.717) is 0 Å². The van der Waals surface area contributed by atoms with Crippen molar-refractivity contribution in [3.63, 3.8) is 0 Å². The molecular formula is C46H29NOS. The Bertz CT molecular complexity index is 2790. The maximum absolute atomic E-state index is 6.79. The minimum absolute atomic E-state index is 0.871. The highest BCUT2D eigenvalue weighted by atomic mass is 32.1. The van der Waals surface area contributed by atoms with Gasteiger partial charge in [0.15, 0.2) is 0 Å². The molecule has 0 radical (unpaired) electrons. The van der Waals surface area contributed by atoms with Crippen molar-refractivity contribution in [3.8, 4) is 22.3 Å². The molecule has 0 saturated carbocycles. The minimum Gasteiger partial charge on any atom is -0.455 e. The monoisotopic (exact) mass is 643 g/mol. The topological polar surface area (TPSA) is 16.4 Å². The van der Waals surface area contributed by atoms with Crippen LogP contribution < -0.4 is 4.90 Å². The fraction of sp³-hybridized carbons (Fsp3) is 0. The summed E-state index contributed by atoms with van der Waals surface area (Å²) < 4.78 is 9.41. The standard InChI is InChI=1S/C46H29NOS/c1-3-14-31(15-4-1)47(32-16-5-2-6-17-32)41-23-13-24-42-45(41)40-29-39(35-20-9-10-22-38(35)46(40)48-42)34-19-8-7-18-33(34)30-26-27-37-36-21-11-12-25-43(36)49-44(37)28-30/h1-29H. The van der Waals surface area contributed by atoms with Gasteiger partial charge in [0.1, 0.15) is 11.2 Å². The van der Waals surface area contributed by atoms with Crippen LogP contribution in [-0.4, -0.2) is 0 Å². The summed E-state index contributed by atoms with van der Waals surface area (Å²) in [6.45, 7) is 0. The Morgan fingerprint density at radius 2 is 1.04 bits per heavy atom. The zero-order valence-corrected chi connectivity index (χ0v) is 27.3. The third-order valence-corrected chi connectivity index (χ3v) is 10.8. The Morgan fingerprint density at radius 1 is 0.408 bits per heavy atom. The molecule has 0 bridgehead atoms. The first-order valence-corrected chi connectivity index (χ1v) is 17.4. The smallest absolute Gasteiger partial charge is 0.143 e. The van der Waals surface area contributed by atoms with Crippen molar-refractivity contribution in [2.45, 2.75) is 0 Å². The Hall–Kier alpha value is -6.16. The van der Waals surface area contributed by atoms with E-state index in [2.05, 4.69) is 181 Å². The minimum atomic E-state index is 0.871. The molecule has 3 heteroatoms. The predicted octanol–water partition coefficient (Wildman–Crippen LogP) is 13.9. The molecule has 49 heavy (non-hydrogen) atoms. The molecule has 0 aliphatic rings. The number of nitrogens with zero attached hydrogens (tertiary/aromatic N) is 1. The van der Waals surface area contributed by atoms with E-state index in [0.717, 1.165) is 44.4 Å². The maximum atomic E-state index is 6.79. The van der Waals surface area contributed by atoms with Gasteiger partial charge in [0.25, 0.3) is 0 Å². The van der Waals surface area contributed by atoms with Crippen LogP contribution in [0.25, 0.3) is 75.1 Å². The summed E-state index contributed by atoms with van der Waals surface area (Å²) in [5, 5.41) is 7.12. The lowest BCUT2D eigenvalue weighted by Gasteiger charge is -2.26. The number of hydrogen-bond acceptors (Lipinski definition) is 3. The van der Waals surface area contributed by atoms with Crippen molar-refractivity contribution in [2.24, 2.45) is 0 Å². The highest BCUT2D eigenvalue weighted by Crippen LogP contribution is 2.47. The van der Waals surface area contributed by atoms with Gasteiger partial charge in [0.2, 0.25) is 0 Å². The van der Waals surface area contributed by atoms with E-state index in [-0.39, 0.29) is 0 Å². The quantitative estimate of drug-likeness (QED) is 0.186. The largest absolute Gasteiger partial charge is 0.455 e. The number of benzene rings is 8. The Balaban J connectivity index is 1.24. The normalized spacial score (nSPS) is 11.7. The van der Waals surface area contributed by atoms with Crippen molar-refractivity contribution in [1.82, 2.24) is 0 Å². The second-order valence-corrected chi connectivity index (χ2v) is 13.5. The van der Waals surface area contributed by atoms with E-state index in [1.54, 1.807) is 0 Å². The van der Waals surface area contributed by atoms with Crippen LogP contribution in [0.3, 0.4) is 0 Å². The maximum Gasteiger partial charge on any atom is 0.143 e. The van der Waals surface area contributed by atoms with Gasteiger partial charge in [0.05, 0.1) is 11.1 Å². The SMILES string of the molecule is c1ccc(N(c2ccccc2)c2cccc3oc4c5ccccc5c(-c5ccccc5-c5ccc6c(c5)sc5ccccc56)cc4c23)cc1. The molecule has 0 fully saturated rings. The number of para-hydroxylation sites is 2. The average Bonchev–Trinajstić information content (AvgIpc) is 3.74. The molecule has 0 saturated heterocycles. The predicted molar refractivity (Wildman–Crippen MR) is 210 cm³/mol. The number of furan rings is 1. The van der Waals surface area contributed by atoms with Crippen LogP contribution in [0.5, 0.6) is 0 Å². The summed E-state index contributed by atoms with van der Waals surface area (Å²) >= 11 is 1.86. The molecule has 0 atom stereocenters. The Kier molecular flexibility index (Phi) is 6.39. The van der Waals surface area contributed by atoms with Crippen LogP contribution in [-0.2, 0) is 0 Å². The first kappa shape index (κ1) is 27.9. The highest BCUT2D eigenvalue weighted by molar-refractivity contribution is 7.25. The van der Waals surface area contributed by atoms with Crippen molar-refractivity contribution in [3.05, 3.63) is 176 Å². The average molecular weight is 644 g/mol. The molecule has 0 spiro atoms. The molecule has 10 aromatic rings. The molecule has 0 aliphatic carbocycles. The molecule has 0 amide bonds. The summed E-state index contributed by atoms with van der Waals surface area (Å²) in [7, 11) is 0. The second kappa shape index (κ2) is 11.2. The molecule has 8 aromatic carbocycles. The Labute approximate surface area is 287 Å². The number of rotatable bonds is 5. The van der Waals surface area contributed by atoms with Crippen LogP contribution in [0.1, 0.15) is 0 Å². The van der Waals surface area contributed by atoms with Crippen LogP contribution in [0.4, 0.5) is 17.1 Å². The van der Waals surface area contributed by atoms with Crippen molar-refractivity contribution < 1.29 is 4.42 Å². The van der Waals surface area contributed by atoms with Crippen LogP contribution >= 0.6 is 11.3 Å². The fourth-order valence-electron chi connectivity index (χ4n) is 7.48. The third-order valence-electron chi connectivity index (χ3n) is 9.66. The zero-order valence-electron chi connectivity index (χ0n) is 26.5. The van der Waals surface area contributed by atoms with E-state index >= 15 is 0 Å². The number of hydrogen-bond donors (Lipinski definition) is 0. The zero-order chi connectivity index (χ0) is 32.3. The number of anilines is 3. The Morgan fingerprint density at radius 3 is 1.82 bits per heavy atom. The van der Waals surface area contributed by atoms with E-state index in [9.17, 15) is 0 Å². The van der Waals surface area contributed by atoms with Gasteiger partial charge in [-0.15, -0.1) is 11.3 Å². The molecular weight excluding hydrogens is 615 g/mol. The molecule has 0 N–H and O–H groups in total. The van der Waals surface area contributed by atoms with E-state index in [4.69, 9.17) is 4.42 Å². The van der Waals surface area contributed by atoms with Crippen LogP contribution in [0.2, 0.25) is 0 Å². The molecule has 230 valence electrons. The lowest BCUT2D eigenvalue weighted by Crippen LogP contribution is -2.09. The molecule has 2 heterocycles. The van der Waals surface area contributed by atoms with Gasteiger partial charge in [-0.1, -0.05) is 121 Å². The van der Waals surface area contributed by atoms with Gasteiger partial charge in [-0.3, -0.25) is 0 Å².